The molecule has 2 N–H and O–H groups in total. The Morgan fingerprint density at radius 1 is 1.05 bits per heavy atom. The number of hydrogen-bond acceptors (Lipinski definition) is 5. The fourth-order valence-electron chi connectivity index (χ4n) is 2.03. The quantitative estimate of drug-likeness (QED) is 0.396. The number of aliphatic hydroxyl groups excluding tert-OH is 1. The van der Waals surface area contributed by atoms with Gasteiger partial charge in [0.1, 0.15) is 0 Å². The molecular formula is C14H28O5. The number of unbranched alkanes of at least 4 members (excludes halogenated alkanes) is 5. The summed E-state index contributed by atoms with van der Waals surface area (Å²) in [6.07, 6.45) is 7.30. The van der Waals surface area contributed by atoms with Crippen molar-refractivity contribution in [2.45, 2.75) is 63.9 Å². The molecule has 0 spiro atoms. The minimum atomic E-state index is -1.07. The Kier molecular flexibility index (Phi) is 8.57. The molecule has 0 bridgehead atoms. The van der Waals surface area contributed by atoms with Crippen molar-refractivity contribution >= 4 is 0 Å². The van der Waals surface area contributed by atoms with E-state index in [0.717, 1.165) is 12.8 Å². The monoisotopic (exact) mass is 276 g/mol. The van der Waals surface area contributed by atoms with E-state index in [0.29, 0.717) is 26.2 Å². The summed E-state index contributed by atoms with van der Waals surface area (Å²) in [4.78, 5) is 0. The molecule has 1 fully saturated rings. The van der Waals surface area contributed by atoms with E-state index in [1.165, 1.54) is 25.7 Å². The Balaban J connectivity index is 1.91. The highest BCUT2D eigenvalue weighted by Crippen LogP contribution is 2.39. The average Bonchev–Trinajstić information content (AvgIpc) is 3.04. The topological polar surface area (TPSA) is 71.5 Å². The highest BCUT2D eigenvalue weighted by Gasteiger charge is 2.56. The Morgan fingerprint density at radius 3 is 2.53 bits per heavy atom. The molecule has 0 amide bonds. The third-order valence-electron chi connectivity index (χ3n) is 3.24. The highest BCUT2D eigenvalue weighted by atomic mass is 16.9. The normalized spacial score (nSPS) is 25.7. The molecule has 1 aliphatic heterocycles. The van der Waals surface area contributed by atoms with Crippen LogP contribution in [-0.4, -0.2) is 48.7 Å². The SMILES string of the molecule is CCCCCCCCC1(O)OC1OCCOCCO. The minimum Gasteiger partial charge on any atom is -0.394 e. The molecule has 0 aliphatic carbocycles. The van der Waals surface area contributed by atoms with Gasteiger partial charge < -0.3 is 24.4 Å². The summed E-state index contributed by atoms with van der Waals surface area (Å²) < 4.78 is 15.6. The van der Waals surface area contributed by atoms with Crippen molar-refractivity contribution in [3.8, 4) is 0 Å². The molecule has 1 aliphatic rings. The van der Waals surface area contributed by atoms with Crippen LogP contribution >= 0.6 is 0 Å². The van der Waals surface area contributed by atoms with Gasteiger partial charge in [-0.15, -0.1) is 0 Å². The van der Waals surface area contributed by atoms with Crippen molar-refractivity contribution in [1.29, 1.82) is 0 Å². The molecule has 0 saturated carbocycles. The lowest BCUT2D eigenvalue weighted by Crippen LogP contribution is -2.18. The number of hydrogen-bond donors (Lipinski definition) is 2. The van der Waals surface area contributed by atoms with Crippen molar-refractivity contribution in [1.82, 2.24) is 0 Å². The van der Waals surface area contributed by atoms with E-state index in [4.69, 9.17) is 19.3 Å². The molecule has 114 valence electrons. The Hall–Kier alpha value is -0.200. The lowest BCUT2D eigenvalue weighted by atomic mass is 10.1. The fraction of sp³-hybridized carbons (Fsp3) is 1.00. The maximum absolute atomic E-state index is 9.97. The molecule has 19 heavy (non-hydrogen) atoms. The molecule has 1 heterocycles. The first-order valence-corrected chi connectivity index (χ1v) is 7.43. The third kappa shape index (κ3) is 7.22. The first-order valence-electron chi connectivity index (χ1n) is 7.43. The predicted octanol–water partition coefficient (Wildman–Crippen LogP) is 1.81. The van der Waals surface area contributed by atoms with Crippen LogP contribution in [0.3, 0.4) is 0 Å². The maximum atomic E-state index is 9.97. The van der Waals surface area contributed by atoms with Crippen LogP contribution < -0.4 is 0 Å². The molecule has 1 saturated heterocycles. The molecule has 2 atom stereocenters. The first-order chi connectivity index (χ1) is 9.23. The van der Waals surface area contributed by atoms with Gasteiger partial charge in [0.25, 0.3) is 0 Å². The van der Waals surface area contributed by atoms with E-state index < -0.39 is 12.1 Å². The lowest BCUT2D eigenvalue weighted by molar-refractivity contribution is -0.00781. The van der Waals surface area contributed by atoms with Crippen LogP contribution in [0, 0.1) is 0 Å². The summed E-state index contributed by atoms with van der Waals surface area (Å²) >= 11 is 0. The smallest absolute Gasteiger partial charge is 0.220 e. The molecule has 0 aromatic carbocycles. The second-order valence-corrected chi connectivity index (χ2v) is 5.02. The van der Waals surface area contributed by atoms with E-state index in [9.17, 15) is 5.11 Å². The van der Waals surface area contributed by atoms with Gasteiger partial charge in [-0.25, -0.2) is 0 Å². The van der Waals surface area contributed by atoms with Crippen molar-refractivity contribution in [2.75, 3.05) is 26.4 Å². The van der Waals surface area contributed by atoms with Gasteiger partial charge in [0.2, 0.25) is 12.1 Å². The number of rotatable bonds is 13. The molecule has 0 radical (unpaired) electrons. The van der Waals surface area contributed by atoms with Crippen LogP contribution in [0.15, 0.2) is 0 Å². The van der Waals surface area contributed by atoms with Crippen molar-refractivity contribution in [3.63, 3.8) is 0 Å². The second-order valence-electron chi connectivity index (χ2n) is 5.02. The fourth-order valence-corrected chi connectivity index (χ4v) is 2.03. The van der Waals surface area contributed by atoms with Crippen LogP contribution in [0.1, 0.15) is 51.9 Å². The average molecular weight is 276 g/mol. The van der Waals surface area contributed by atoms with Crippen molar-refractivity contribution in [3.05, 3.63) is 0 Å². The van der Waals surface area contributed by atoms with E-state index in [1.807, 2.05) is 0 Å². The zero-order chi connectivity index (χ0) is 14.0. The van der Waals surface area contributed by atoms with E-state index in [1.54, 1.807) is 0 Å². The summed E-state index contributed by atoms with van der Waals surface area (Å²) in [5, 5.41) is 18.5. The number of ether oxygens (including phenoxy) is 3. The highest BCUT2D eigenvalue weighted by molar-refractivity contribution is 4.85. The summed E-state index contributed by atoms with van der Waals surface area (Å²) in [5.74, 6) is -1.07. The van der Waals surface area contributed by atoms with Gasteiger partial charge in [-0.05, 0) is 6.42 Å². The van der Waals surface area contributed by atoms with Gasteiger partial charge in [-0.2, -0.15) is 0 Å². The van der Waals surface area contributed by atoms with Crippen LogP contribution in [0.2, 0.25) is 0 Å². The standard InChI is InChI=1S/C14H28O5/c1-2-3-4-5-6-7-8-14(16)13(19-14)18-12-11-17-10-9-15/h13,15-16H,2-12H2,1H3. The molecule has 0 aromatic heterocycles. The molecule has 5 heteroatoms. The van der Waals surface area contributed by atoms with Crippen molar-refractivity contribution < 1.29 is 24.4 Å². The van der Waals surface area contributed by atoms with Crippen LogP contribution in [-0.2, 0) is 14.2 Å². The molecule has 2 unspecified atom stereocenters. The number of epoxide rings is 1. The first kappa shape index (κ1) is 16.9. The van der Waals surface area contributed by atoms with Crippen LogP contribution in [0.25, 0.3) is 0 Å². The van der Waals surface area contributed by atoms with Crippen LogP contribution in [0.4, 0.5) is 0 Å². The molecule has 0 aromatic rings. The van der Waals surface area contributed by atoms with E-state index >= 15 is 0 Å². The van der Waals surface area contributed by atoms with Gasteiger partial charge in [0, 0.05) is 6.42 Å². The van der Waals surface area contributed by atoms with E-state index in [2.05, 4.69) is 6.92 Å². The van der Waals surface area contributed by atoms with E-state index in [-0.39, 0.29) is 6.61 Å². The third-order valence-corrected chi connectivity index (χ3v) is 3.24. The Morgan fingerprint density at radius 2 is 1.79 bits per heavy atom. The van der Waals surface area contributed by atoms with Gasteiger partial charge >= 0.3 is 0 Å². The number of aliphatic hydroxyl groups is 2. The Labute approximate surface area is 115 Å². The van der Waals surface area contributed by atoms with Gasteiger partial charge in [-0.3, -0.25) is 0 Å². The van der Waals surface area contributed by atoms with Gasteiger partial charge in [0.05, 0.1) is 26.4 Å². The largest absolute Gasteiger partial charge is 0.394 e. The zero-order valence-electron chi connectivity index (χ0n) is 12.0. The molecular weight excluding hydrogens is 248 g/mol. The lowest BCUT2D eigenvalue weighted by Gasteiger charge is -2.06. The van der Waals surface area contributed by atoms with Crippen molar-refractivity contribution in [2.24, 2.45) is 0 Å². The molecule has 5 nitrogen and oxygen atoms in total. The minimum absolute atomic E-state index is 0.0158. The summed E-state index contributed by atoms with van der Waals surface area (Å²) in [6, 6.07) is 0. The van der Waals surface area contributed by atoms with Crippen LogP contribution in [0.5, 0.6) is 0 Å². The zero-order valence-corrected chi connectivity index (χ0v) is 12.0. The maximum Gasteiger partial charge on any atom is 0.220 e. The summed E-state index contributed by atoms with van der Waals surface area (Å²) in [5.41, 5.74) is 0. The Bertz CT molecular complexity index is 224. The summed E-state index contributed by atoms with van der Waals surface area (Å²) in [6.45, 7) is 3.32. The summed E-state index contributed by atoms with van der Waals surface area (Å²) in [7, 11) is 0. The molecule has 1 rings (SSSR count). The van der Waals surface area contributed by atoms with Gasteiger partial charge in [0.15, 0.2) is 0 Å². The predicted molar refractivity (Wildman–Crippen MR) is 71.7 cm³/mol. The second kappa shape index (κ2) is 9.66. The van der Waals surface area contributed by atoms with Gasteiger partial charge in [-0.1, -0.05) is 39.0 Å².